The Kier molecular flexibility index (Phi) is 4.36. The number of carbonyl (C=O) groups is 1. The summed E-state index contributed by atoms with van der Waals surface area (Å²) in [4.78, 5) is 19.9. The SMILES string of the molecule is CC(C)(C)c1ccc(-c2nccc(-c3ccc(C(=O)O)cc3)n2)cc1. The molecule has 0 amide bonds. The van der Waals surface area contributed by atoms with Gasteiger partial charge in [0.25, 0.3) is 0 Å². The van der Waals surface area contributed by atoms with Crippen molar-refractivity contribution in [3.8, 4) is 22.6 Å². The lowest BCUT2D eigenvalue weighted by atomic mass is 9.87. The van der Waals surface area contributed by atoms with Crippen molar-refractivity contribution in [3.63, 3.8) is 0 Å². The third-order valence-corrected chi connectivity index (χ3v) is 4.09. The number of rotatable bonds is 3. The zero-order valence-corrected chi connectivity index (χ0v) is 14.5. The summed E-state index contributed by atoms with van der Waals surface area (Å²) in [5.74, 6) is -0.283. The number of hydrogen-bond acceptors (Lipinski definition) is 3. The first kappa shape index (κ1) is 16.8. The molecular formula is C21H20N2O2. The molecule has 0 saturated heterocycles. The molecule has 1 aromatic heterocycles. The second kappa shape index (κ2) is 6.48. The molecule has 0 spiro atoms. The highest BCUT2D eigenvalue weighted by Gasteiger charge is 2.13. The summed E-state index contributed by atoms with van der Waals surface area (Å²) >= 11 is 0. The van der Waals surface area contributed by atoms with Crippen LogP contribution >= 0.6 is 0 Å². The van der Waals surface area contributed by atoms with E-state index in [-0.39, 0.29) is 11.0 Å². The van der Waals surface area contributed by atoms with Gasteiger partial charge in [-0.25, -0.2) is 14.8 Å². The first-order chi connectivity index (χ1) is 11.8. The highest BCUT2D eigenvalue weighted by molar-refractivity contribution is 5.88. The highest BCUT2D eigenvalue weighted by atomic mass is 16.4. The number of aromatic nitrogens is 2. The Morgan fingerprint density at radius 1 is 0.880 bits per heavy atom. The van der Waals surface area contributed by atoms with Crippen LogP contribution in [0.4, 0.5) is 0 Å². The Labute approximate surface area is 147 Å². The minimum Gasteiger partial charge on any atom is -0.478 e. The predicted molar refractivity (Wildman–Crippen MR) is 98.6 cm³/mol. The molecule has 0 bridgehead atoms. The molecule has 3 aromatic rings. The van der Waals surface area contributed by atoms with Gasteiger partial charge in [-0.15, -0.1) is 0 Å². The van der Waals surface area contributed by atoms with E-state index < -0.39 is 5.97 Å². The third kappa shape index (κ3) is 3.74. The Balaban J connectivity index is 1.92. The largest absolute Gasteiger partial charge is 0.478 e. The zero-order chi connectivity index (χ0) is 18.0. The van der Waals surface area contributed by atoms with Gasteiger partial charge in [-0.2, -0.15) is 0 Å². The highest BCUT2D eigenvalue weighted by Crippen LogP contribution is 2.26. The van der Waals surface area contributed by atoms with Gasteiger partial charge >= 0.3 is 5.97 Å². The van der Waals surface area contributed by atoms with E-state index in [1.54, 1.807) is 30.5 Å². The Hall–Kier alpha value is -3.01. The molecular weight excluding hydrogens is 312 g/mol. The van der Waals surface area contributed by atoms with Crippen LogP contribution in [0.15, 0.2) is 60.8 Å². The van der Waals surface area contributed by atoms with Crippen molar-refractivity contribution in [1.82, 2.24) is 9.97 Å². The first-order valence-electron chi connectivity index (χ1n) is 8.12. The summed E-state index contributed by atoms with van der Waals surface area (Å²) in [6, 6.07) is 16.8. The lowest BCUT2D eigenvalue weighted by Gasteiger charge is -2.19. The van der Waals surface area contributed by atoms with Gasteiger partial charge in [0.15, 0.2) is 5.82 Å². The first-order valence-corrected chi connectivity index (χ1v) is 8.12. The molecule has 0 atom stereocenters. The number of hydrogen-bond donors (Lipinski definition) is 1. The minimum absolute atomic E-state index is 0.104. The van der Waals surface area contributed by atoms with E-state index in [1.165, 1.54) is 5.56 Å². The van der Waals surface area contributed by atoms with Crippen LogP contribution in [-0.2, 0) is 5.41 Å². The number of benzene rings is 2. The molecule has 3 rings (SSSR count). The van der Waals surface area contributed by atoms with Crippen LogP contribution in [0.25, 0.3) is 22.6 Å². The fourth-order valence-electron chi connectivity index (χ4n) is 2.56. The van der Waals surface area contributed by atoms with E-state index in [0.29, 0.717) is 5.82 Å². The van der Waals surface area contributed by atoms with Crippen LogP contribution < -0.4 is 0 Å². The molecule has 0 aliphatic rings. The summed E-state index contributed by atoms with van der Waals surface area (Å²) < 4.78 is 0. The van der Waals surface area contributed by atoms with Crippen LogP contribution in [0, 0.1) is 0 Å². The second-order valence-corrected chi connectivity index (χ2v) is 6.98. The van der Waals surface area contributed by atoms with Crippen molar-refractivity contribution in [2.75, 3.05) is 0 Å². The van der Waals surface area contributed by atoms with Gasteiger partial charge in [-0.05, 0) is 29.2 Å². The number of carboxylic acid groups (broad SMARTS) is 1. The van der Waals surface area contributed by atoms with Crippen LogP contribution in [0.3, 0.4) is 0 Å². The molecule has 2 aromatic carbocycles. The maximum atomic E-state index is 11.0. The summed E-state index contributed by atoms with van der Waals surface area (Å²) in [5, 5.41) is 8.99. The van der Waals surface area contributed by atoms with Crippen molar-refractivity contribution in [1.29, 1.82) is 0 Å². The number of nitrogens with zero attached hydrogens (tertiary/aromatic N) is 2. The fraction of sp³-hybridized carbons (Fsp3) is 0.190. The van der Waals surface area contributed by atoms with Crippen molar-refractivity contribution in [2.24, 2.45) is 0 Å². The number of aromatic carboxylic acids is 1. The van der Waals surface area contributed by atoms with E-state index in [4.69, 9.17) is 5.11 Å². The summed E-state index contributed by atoms with van der Waals surface area (Å²) in [6.45, 7) is 6.54. The zero-order valence-electron chi connectivity index (χ0n) is 14.5. The molecule has 126 valence electrons. The summed E-state index contributed by atoms with van der Waals surface area (Å²) in [5.41, 5.74) is 4.21. The Bertz CT molecular complexity index is 892. The lowest BCUT2D eigenvalue weighted by Crippen LogP contribution is -2.10. The smallest absolute Gasteiger partial charge is 0.335 e. The van der Waals surface area contributed by atoms with Crippen LogP contribution in [0.2, 0.25) is 0 Å². The van der Waals surface area contributed by atoms with E-state index in [1.807, 2.05) is 18.2 Å². The van der Waals surface area contributed by atoms with Crippen LogP contribution in [0.5, 0.6) is 0 Å². The Morgan fingerprint density at radius 2 is 1.48 bits per heavy atom. The Morgan fingerprint density at radius 3 is 2.04 bits per heavy atom. The molecule has 0 aliphatic heterocycles. The number of carboxylic acids is 1. The standard InChI is InChI=1S/C21H20N2O2/c1-21(2,3)17-10-8-15(9-11-17)19-22-13-12-18(23-19)14-4-6-16(7-5-14)20(24)25/h4-13H,1-3H3,(H,24,25). The fourth-order valence-corrected chi connectivity index (χ4v) is 2.56. The second-order valence-electron chi connectivity index (χ2n) is 6.98. The molecule has 4 nitrogen and oxygen atoms in total. The van der Waals surface area contributed by atoms with Gasteiger partial charge in [0.2, 0.25) is 0 Å². The average molecular weight is 332 g/mol. The van der Waals surface area contributed by atoms with Gasteiger partial charge in [-0.1, -0.05) is 57.2 Å². The predicted octanol–water partition coefficient (Wildman–Crippen LogP) is 4.81. The van der Waals surface area contributed by atoms with Crippen LogP contribution in [0.1, 0.15) is 36.7 Å². The van der Waals surface area contributed by atoms with Crippen molar-refractivity contribution in [2.45, 2.75) is 26.2 Å². The molecule has 0 fully saturated rings. The molecule has 0 radical (unpaired) electrons. The molecule has 0 aliphatic carbocycles. The van der Waals surface area contributed by atoms with E-state index in [2.05, 4.69) is 42.9 Å². The van der Waals surface area contributed by atoms with E-state index in [0.717, 1.165) is 16.8 Å². The molecule has 25 heavy (non-hydrogen) atoms. The molecule has 4 heteroatoms. The summed E-state index contributed by atoms with van der Waals surface area (Å²) in [7, 11) is 0. The normalized spacial score (nSPS) is 11.3. The summed E-state index contributed by atoms with van der Waals surface area (Å²) in [6.07, 6.45) is 1.72. The maximum Gasteiger partial charge on any atom is 0.335 e. The van der Waals surface area contributed by atoms with Gasteiger partial charge in [-0.3, -0.25) is 0 Å². The van der Waals surface area contributed by atoms with Crippen molar-refractivity contribution in [3.05, 3.63) is 71.9 Å². The van der Waals surface area contributed by atoms with Gasteiger partial charge in [0.05, 0.1) is 11.3 Å². The average Bonchev–Trinajstić information content (AvgIpc) is 2.61. The topological polar surface area (TPSA) is 63.1 Å². The van der Waals surface area contributed by atoms with Crippen molar-refractivity contribution < 1.29 is 9.90 Å². The third-order valence-electron chi connectivity index (χ3n) is 4.09. The minimum atomic E-state index is -0.936. The van der Waals surface area contributed by atoms with Gasteiger partial charge in [0, 0.05) is 17.3 Å². The van der Waals surface area contributed by atoms with Crippen LogP contribution in [-0.4, -0.2) is 21.0 Å². The van der Waals surface area contributed by atoms with Gasteiger partial charge < -0.3 is 5.11 Å². The molecule has 0 unspecified atom stereocenters. The van der Waals surface area contributed by atoms with Gasteiger partial charge in [0.1, 0.15) is 0 Å². The lowest BCUT2D eigenvalue weighted by molar-refractivity contribution is 0.0697. The van der Waals surface area contributed by atoms with Crippen molar-refractivity contribution >= 4 is 5.97 Å². The van der Waals surface area contributed by atoms with E-state index in [9.17, 15) is 4.79 Å². The maximum absolute atomic E-state index is 11.0. The monoisotopic (exact) mass is 332 g/mol. The van der Waals surface area contributed by atoms with E-state index >= 15 is 0 Å². The molecule has 0 saturated carbocycles. The quantitative estimate of drug-likeness (QED) is 0.748. The molecule has 1 heterocycles. The molecule has 1 N–H and O–H groups in total.